The van der Waals surface area contributed by atoms with Crippen LogP contribution in [-0.2, 0) is 7.05 Å². The van der Waals surface area contributed by atoms with E-state index in [2.05, 4.69) is 10.00 Å². The Bertz CT molecular complexity index is 754. The minimum absolute atomic E-state index is 0.197. The zero-order valence-electron chi connectivity index (χ0n) is 13.9. The van der Waals surface area contributed by atoms with Gasteiger partial charge in [0.05, 0.1) is 12.3 Å². The third-order valence-corrected chi connectivity index (χ3v) is 4.26. The van der Waals surface area contributed by atoms with Crippen LogP contribution in [0.3, 0.4) is 0 Å². The van der Waals surface area contributed by atoms with Gasteiger partial charge in [0.25, 0.3) is 5.56 Å². The first-order chi connectivity index (χ1) is 11.6. The lowest BCUT2D eigenvalue weighted by Crippen LogP contribution is -2.22. The van der Waals surface area contributed by atoms with E-state index in [9.17, 15) is 9.18 Å². The van der Waals surface area contributed by atoms with Crippen LogP contribution < -0.4 is 10.3 Å². The Hall–Kier alpha value is -2.21. The Morgan fingerprint density at radius 1 is 1.21 bits per heavy atom. The number of aryl methyl sites for hydroxylation is 1. The Balaban J connectivity index is 1.59. The van der Waals surface area contributed by atoms with Gasteiger partial charge in [0.1, 0.15) is 0 Å². The Morgan fingerprint density at radius 3 is 2.71 bits per heavy atom. The summed E-state index contributed by atoms with van der Waals surface area (Å²) in [5.74, 6) is -0.158. The van der Waals surface area contributed by atoms with Gasteiger partial charge in [0.2, 0.25) is 0 Å². The molecule has 0 bridgehead atoms. The first-order valence-electron chi connectivity index (χ1n) is 8.33. The number of ether oxygens (including phenoxy) is 1. The van der Waals surface area contributed by atoms with Crippen molar-refractivity contribution < 1.29 is 9.13 Å². The maximum absolute atomic E-state index is 14.2. The summed E-state index contributed by atoms with van der Waals surface area (Å²) in [5, 5.41) is 4.12. The molecule has 0 atom stereocenters. The standard InChI is InChI=1S/C18H22FN3O2/c1-21-18(23)8-6-16(20-21)14-5-7-17(15(19)13-14)24-12-4-11-22-9-2-3-10-22/h5-8,13H,2-4,9-12H2,1H3. The van der Waals surface area contributed by atoms with Crippen LogP contribution in [0.1, 0.15) is 19.3 Å². The molecule has 1 aliphatic heterocycles. The molecule has 1 fully saturated rings. The quantitative estimate of drug-likeness (QED) is 0.763. The van der Waals surface area contributed by atoms with Crippen molar-refractivity contribution >= 4 is 0 Å². The summed E-state index contributed by atoms with van der Waals surface area (Å²) in [6.07, 6.45) is 3.44. The van der Waals surface area contributed by atoms with Crippen LogP contribution in [0.15, 0.2) is 35.1 Å². The van der Waals surface area contributed by atoms with Crippen molar-refractivity contribution in [1.82, 2.24) is 14.7 Å². The second-order valence-electron chi connectivity index (χ2n) is 6.08. The van der Waals surface area contributed by atoms with Gasteiger partial charge in [0.15, 0.2) is 11.6 Å². The summed E-state index contributed by atoms with van der Waals surface area (Å²) in [6, 6.07) is 7.78. The smallest absolute Gasteiger partial charge is 0.266 e. The predicted molar refractivity (Wildman–Crippen MR) is 90.7 cm³/mol. The van der Waals surface area contributed by atoms with E-state index in [4.69, 9.17) is 4.74 Å². The van der Waals surface area contributed by atoms with Gasteiger partial charge in [-0.2, -0.15) is 5.10 Å². The van der Waals surface area contributed by atoms with Gasteiger partial charge in [0, 0.05) is 25.2 Å². The summed E-state index contributed by atoms with van der Waals surface area (Å²) < 4.78 is 21.0. The number of hydrogen-bond donors (Lipinski definition) is 0. The van der Waals surface area contributed by atoms with Gasteiger partial charge in [-0.1, -0.05) is 0 Å². The van der Waals surface area contributed by atoms with Crippen LogP contribution in [0.5, 0.6) is 5.75 Å². The molecule has 6 heteroatoms. The normalized spacial score (nSPS) is 14.9. The van der Waals surface area contributed by atoms with Crippen molar-refractivity contribution in [2.24, 2.45) is 7.05 Å². The van der Waals surface area contributed by atoms with Crippen LogP contribution in [0.4, 0.5) is 4.39 Å². The SMILES string of the molecule is Cn1nc(-c2ccc(OCCCN3CCCC3)c(F)c2)ccc1=O. The summed E-state index contributed by atoms with van der Waals surface area (Å²) >= 11 is 0. The van der Waals surface area contributed by atoms with E-state index in [-0.39, 0.29) is 11.3 Å². The number of hydrogen-bond acceptors (Lipinski definition) is 4. The fraction of sp³-hybridized carbons (Fsp3) is 0.444. The van der Waals surface area contributed by atoms with E-state index in [1.807, 2.05) is 0 Å². The van der Waals surface area contributed by atoms with E-state index in [1.54, 1.807) is 25.2 Å². The van der Waals surface area contributed by atoms with Crippen molar-refractivity contribution in [3.63, 3.8) is 0 Å². The molecule has 2 heterocycles. The molecule has 1 saturated heterocycles. The van der Waals surface area contributed by atoms with E-state index in [0.717, 1.165) is 26.1 Å². The van der Waals surface area contributed by atoms with E-state index in [1.165, 1.54) is 29.7 Å². The van der Waals surface area contributed by atoms with Crippen LogP contribution in [0.2, 0.25) is 0 Å². The van der Waals surface area contributed by atoms with Gasteiger partial charge < -0.3 is 9.64 Å². The van der Waals surface area contributed by atoms with Crippen LogP contribution >= 0.6 is 0 Å². The first kappa shape index (κ1) is 16.6. The number of halogens is 1. The molecule has 0 unspecified atom stereocenters. The highest BCUT2D eigenvalue weighted by atomic mass is 19.1. The lowest BCUT2D eigenvalue weighted by atomic mass is 10.1. The van der Waals surface area contributed by atoms with E-state index in [0.29, 0.717) is 17.9 Å². The van der Waals surface area contributed by atoms with Crippen LogP contribution in [0, 0.1) is 5.82 Å². The lowest BCUT2D eigenvalue weighted by Gasteiger charge is -2.14. The predicted octanol–water partition coefficient (Wildman–Crippen LogP) is 2.45. The highest BCUT2D eigenvalue weighted by Gasteiger charge is 2.11. The first-order valence-corrected chi connectivity index (χ1v) is 8.33. The summed E-state index contributed by atoms with van der Waals surface area (Å²) in [7, 11) is 1.57. The number of rotatable bonds is 6. The third-order valence-electron chi connectivity index (χ3n) is 4.26. The van der Waals surface area contributed by atoms with Crippen molar-refractivity contribution in [3.8, 4) is 17.0 Å². The van der Waals surface area contributed by atoms with Gasteiger partial charge in [-0.05, 0) is 56.6 Å². The van der Waals surface area contributed by atoms with E-state index >= 15 is 0 Å². The molecule has 0 saturated carbocycles. The zero-order valence-corrected chi connectivity index (χ0v) is 13.9. The topological polar surface area (TPSA) is 47.4 Å². The Labute approximate surface area is 140 Å². The molecule has 0 aliphatic carbocycles. The maximum Gasteiger partial charge on any atom is 0.266 e. The number of benzene rings is 1. The lowest BCUT2D eigenvalue weighted by molar-refractivity contribution is 0.256. The summed E-state index contributed by atoms with van der Waals surface area (Å²) in [5.41, 5.74) is 0.973. The largest absolute Gasteiger partial charge is 0.490 e. The fourth-order valence-corrected chi connectivity index (χ4v) is 2.91. The average molecular weight is 331 g/mol. The molecule has 0 amide bonds. The van der Waals surface area contributed by atoms with Crippen molar-refractivity contribution in [2.75, 3.05) is 26.2 Å². The Morgan fingerprint density at radius 2 is 2.00 bits per heavy atom. The second kappa shape index (κ2) is 7.57. The van der Waals surface area contributed by atoms with E-state index < -0.39 is 5.82 Å². The molecule has 24 heavy (non-hydrogen) atoms. The second-order valence-corrected chi connectivity index (χ2v) is 6.08. The molecule has 2 aromatic rings. The highest BCUT2D eigenvalue weighted by Crippen LogP contribution is 2.24. The molecule has 1 aliphatic rings. The monoisotopic (exact) mass is 331 g/mol. The number of aromatic nitrogens is 2. The number of nitrogens with zero attached hydrogens (tertiary/aromatic N) is 3. The minimum atomic E-state index is -0.413. The van der Waals surface area contributed by atoms with Gasteiger partial charge in [-0.25, -0.2) is 9.07 Å². The van der Waals surface area contributed by atoms with Crippen molar-refractivity contribution in [1.29, 1.82) is 0 Å². The van der Waals surface area contributed by atoms with Crippen LogP contribution in [0.25, 0.3) is 11.3 Å². The maximum atomic E-state index is 14.2. The minimum Gasteiger partial charge on any atom is -0.490 e. The molecule has 0 spiro atoms. The highest BCUT2D eigenvalue weighted by molar-refractivity contribution is 5.59. The molecule has 0 radical (unpaired) electrons. The van der Waals surface area contributed by atoms with Gasteiger partial charge in [-0.15, -0.1) is 0 Å². The van der Waals surface area contributed by atoms with Gasteiger partial charge in [-0.3, -0.25) is 4.79 Å². The molecule has 5 nitrogen and oxygen atoms in total. The molecule has 1 aromatic heterocycles. The molecular formula is C18H22FN3O2. The summed E-state index contributed by atoms with van der Waals surface area (Å²) in [4.78, 5) is 13.8. The summed E-state index contributed by atoms with van der Waals surface area (Å²) in [6.45, 7) is 3.83. The average Bonchev–Trinajstić information content (AvgIpc) is 3.08. The molecule has 1 aromatic carbocycles. The van der Waals surface area contributed by atoms with Crippen molar-refractivity contribution in [3.05, 3.63) is 46.5 Å². The molecule has 128 valence electrons. The zero-order chi connectivity index (χ0) is 16.9. The van der Waals surface area contributed by atoms with Gasteiger partial charge >= 0.3 is 0 Å². The molecule has 0 N–H and O–H groups in total. The third kappa shape index (κ3) is 4.00. The molecular weight excluding hydrogens is 309 g/mol. The van der Waals surface area contributed by atoms with Crippen molar-refractivity contribution in [2.45, 2.75) is 19.3 Å². The Kier molecular flexibility index (Phi) is 5.25. The van der Waals surface area contributed by atoms with Crippen LogP contribution in [-0.4, -0.2) is 40.9 Å². The molecule has 3 rings (SSSR count). The fourth-order valence-electron chi connectivity index (χ4n) is 2.91. The number of likely N-dealkylation sites (tertiary alicyclic amines) is 1.